The molecule has 3 aromatic heterocycles. The van der Waals surface area contributed by atoms with Crippen LogP contribution in [0.5, 0.6) is 5.88 Å². The van der Waals surface area contributed by atoms with Crippen molar-refractivity contribution >= 4 is 28.7 Å². The third-order valence-electron chi connectivity index (χ3n) is 7.00. The van der Waals surface area contributed by atoms with Gasteiger partial charge < -0.3 is 9.64 Å². The van der Waals surface area contributed by atoms with E-state index in [1.165, 1.54) is 18.4 Å². The molecule has 0 radical (unpaired) electrons. The molecule has 1 aliphatic heterocycles. The highest BCUT2D eigenvalue weighted by Gasteiger charge is 2.30. The molecule has 8 heteroatoms. The molecule has 1 amide bonds. The van der Waals surface area contributed by atoms with Crippen LogP contribution < -0.4 is 9.64 Å². The number of rotatable bonds is 6. The van der Waals surface area contributed by atoms with Gasteiger partial charge in [-0.15, -0.1) is 11.3 Å². The van der Waals surface area contributed by atoms with Crippen LogP contribution in [0.1, 0.15) is 50.5 Å². The van der Waals surface area contributed by atoms with E-state index in [1.54, 1.807) is 35.4 Å². The van der Waals surface area contributed by atoms with E-state index >= 15 is 0 Å². The monoisotopic (exact) mass is 520 g/mol. The Morgan fingerprint density at radius 2 is 2.00 bits per heavy atom. The van der Waals surface area contributed by atoms with E-state index in [0.29, 0.717) is 48.0 Å². The first kappa shape index (κ1) is 24.0. The average Bonchev–Trinajstić information content (AvgIpc) is 3.70. The summed E-state index contributed by atoms with van der Waals surface area (Å²) < 4.78 is 5.13. The van der Waals surface area contributed by atoms with Crippen molar-refractivity contribution in [1.29, 1.82) is 5.26 Å². The molecule has 4 heterocycles. The number of thiophene rings is 1. The zero-order valence-corrected chi connectivity index (χ0v) is 21.6. The zero-order chi connectivity index (χ0) is 26.2. The first-order valence-electron chi connectivity index (χ1n) is 12.5. The molecule has 1 aromatic carbocycles. The number of methoxy groups -OCH3 is 1. The van der Waals surface area contributed by atoms with Gasteiger partial charge in [0.1, 0.15) is 11.8 Å². The largest absolute Gasteiger partial charge is 0.481 e. The highest BCUT2D eigenvalue weighted by molar-refractivity contribution is 7.17. The number of para-hydroxylation sites is 1. The molecule has 2 aliphatic rings. The third kappa shape index (κ3) is 4.46. The van der Waals surface area contributed by atoms with Crippen molar-refractivity contribution in [3.8, 4) is 33.6 Å². The number of ether oxygens (including phenoxy) is 1. The maximum atomic E-state index is 13.9. The number of hydrogen-bond donors (Lipinski definition) is 0. The fourth-order valence-electron chi connectivity index (χ4n) is 4.80. The number of benzene rings is 1. The van der Waals surface area contributed by atoms with Crippen LogP contribution in [0.4, 0.5) is 5.69 Å². The smallest absolute Gasteiger partial charge is 0.276 e. The van der Waals surface area contributed by atoms with Gasteiger partial charge in [0.2, 0.25) is 5.88 Å². The van der Waals surface area contributed by atoms with Crippen molar-refractivity contribution in [2.45, 2.75) is 25.7 Å². The van der Waals surface area contributed by atoms with E-state index in [1.807, 2.05) is 30.3 Å². The van der Waals surface area contributed by atoms with Gasteiger partial charge in [-0.05, 0) is 61.1 Å². The second kappa shape index (κ2) is 9.84. The van der Waals surface area contributed by atoms with Gasteiger partial charge in [0.15, 0.2) is 5.78 Å². The Hall–Kier alpha value is -4.35. The number of nitrogens with zero attached hydrogens (tertiary/aromatic N) is 4. The number of fused-ring (bicyclic) bond motifs is 3. The van der Waals surface area contributed by atoms with Crippen LogP contribution in [-0.2, 0) is 6.42 Å². The molecule has 4 aromatic rings. The molecule has 0 N–H and O–H groups in total. The van der Waals surface area contributed by atoms with Crippen molar-refractivity contribution in [2.75, 3.05) is 18.6 Å². The molecule has 38 heavy (non-hydrogen) atoms. The summed E-state index contributed by atoms with van der Waals surface area (Å²) >= 11 is 1.53. The summed E-state index contributed by atoms with van der Waals surface area (Å²) in [5.41, 5.74) is 4.45. The van der Waals surface area contributed by atoms with Crippen LogP contribution in [0.25, 0.3) is 21.7 Å². The van der Waals surface area contributed by atoms with Gasteiger partial charge in [-0.3, -0.25) is 9.59 Å². The molecule has 0 spiro atoms. The lowest BCUT2D eigenvalue weighted by atomic mass is 10.1. The number of ketones is 1. The summed E-state index contributed by atoms with van der Waals surface area (Å²) in [5, 5.41) is 9.66. The van der Waals surface area contributed by atoms with E-state index in [0.717, 1.165) is 39.4 Å². The Kier molecular flexibility index (Phi) is 6.22. The van der Waals surface area contributed by atoms with Gasteiger partial charge in [0, 0.05) is 41.2 Å². The van der Waals surface area contributed by atoms with Gasteiger partial charge in [-0.25, -0.2) is 9.97 Å². The van der Waals surface area contributed by atoms with Crippen LogP contribution in [0.15, 0.2) is 60.8 Å². The molecule has 6 rings (SSSR count). The SMILES string of the molecule is COc1ccc(-c2nc(C(=O)N3CCc4cc(C(=O)CC5CC5)sc4-c4ccccc43)ccc2C#N)cn1. The van der Waals surface area contributed by atoms with Gasteiger partial charge in [0.05, 0.1) is 28.9 Å². The lowest BCUT2D eigenvalue weighted by Gasteiger charge is -2.23. The number of carbonyl (C=O) groups excluding carboxylic acids is 2. The maximum absolute atomic E-state index is 13.9. The van der Waals surface area contributed by atoms with E-state index < -0.39 is 0 Å². The number of hydrogen-bond acceptors (Lipinski definition) is 7. The van der Waals surface area contributed by atoms with Crippen molar-refractivity contribution in [2.24, 2.45) is 5.92 Å². The van der Waals surface area contributed by atoms with E-state index in [-0.39, 0.29) is 17.4 Å². The Bertz CT molecular complexity index is 1600. The van der Waals surface area contributed by atoms with Gasteiger partial charge in [0.25, 0.3) is 5.91 Å². The first-order valence-corrected chi connectivity index (χ1v) is 13.4. The molecule has 7 nitrogen and oxygen atoms in total. The van der Waals surface area contributed by atoms with E-state index in [4.69, 9.17) is 4.74 Å². The predicted molar refractivity (Wildman–Crippen MR) is 146 cm³/mol. The minimum atomic E-state index is -0.246. The maximum Gasteiger partial charge on any atom is 0.276 e. The summed E-state index contributed by atoms with van der Waals surface area (Å²) in [5.74, 6) is 0.969. The van der Waals surface area contributed by atoms with Crippen LogP contribution in [0.3, 0.4) is 0 Å². The number of anilines is 1. The zero-order valence-electron chi connectivity index (χ0n) is 20.8. The summed E-state index contributed by atoms with van der Waals surface area (Å²) in [7, 11) is 1.53. The second-order valence-corrected chi connectivity index (χ2v) is 10.6. The van der Waals surface area contributed by atoms with Crippen molar-refractivity contribution in [1.82, 2.24) is 9.97 Å². The number of amides is 1. The van der Waals surface area contributed by atoms with E-state index in [9.17, 15) is 14.9 Å². The molecule has 0 atom stereocenters. The fraction of sp³-hybridized carbons (Fsp3) is 0.233. The molecule has 0 bridgehead atoms. The van der Waals surface area contributed by atoms with Gasteiger partial charge in [-0.1, -0.05) is 18.2 Å². The summed E-state index contributed by atoms with van der Waals surface area (Å²) in [6.07, 6.45) is 5.14. The van der Waals surface area contributed by atoms with Crippen LogP contribution in [0.2, 0.25) is 0 Å². The van der Waals surface area contributed by atoms with Crippen molar-refractivity contribution in [3.63, 3.8) is 0 Å². The Labute approximate surface area is 224 Å². The highest BCUT2D eigenvalue weighted by Crippen LogP contribution is 2.43. The Balaban J connectivity index is 1.35. The predicted octanol–water partition coefficient (Wildman–Crippen LogP) is 5.94. The minimum Gasteiger partial charge on any atom is -0.481 e. The molecular weight excluding hydrogens is 496 g/mol. The van der Waals surface area contributed by atoms with E-state index in [2.05, 4.69) is 16.0 Å². The van der Waals surface area contributed by atoms with Gasteiger partial charge >= 0.3 is 0 Å². The molecule has 0 saturated heterocycles. The van der Waals surface area contributed by atoms with Crippen molar-refractivity contribution in [3.05, 3.63) is 82.5 Å². The molecule has 1 fully saturated rings. The Morgan fingerprint density at radius 3 is 2.74 bits per heavy atom. The van der Waals surface area contributed by atoms with Crippen molar-refractivity contribution < 1.29 is 14.3 Å². The average molecular weight is 521 g/mol. The summed E-state index contributed by atoms with van der Waals surface area (Å²) in [6, 6.07) is 18.7. The molecule has 1 aliphatic carbocycles. The fourth-order valence-corrected chi connectivity index (χ4v) is 5.99. The molecular formula is C30H24N4O3S. The normalized spacial score (nSPS) is 14.2. The summed E-state index contributed by atoms with van der Waals surface area (Å²) in [6.45, 7) is 0.455. The topological polar surface area (TPSA) is 96.2 Å². The summed E-state index contributed by atoms with van der Waals surface area (Å²) in [4.78, 5) is 39.1. The molecule has 0 unspecified atom stereocenters. The van der Waals surface area contributed by atoms with Gasteiger partial charge in [-0.2, -0.15) is 5.26 Å². The number of Topliss-reactive ketones (excluding diaryl/α,β-unsaturated/α-hetero) is 1. The molecule has 188 valence electrons. The number of aromatic nitrogens is 2. The number of pyridine rings is 2. The first-order chi connectivity index (χ1) is 18.6. The standard InChI is InChI=1S/C30H24N4O3S/c1-37-27-11-9-21(17-32-27)28-20(16-31)8-10-23(33-28)30(36)34-13-12-19-15-26(25(35)14-18-6-7-18)38-29(19)22-4-2-3-5-24(22)34/h2-5,8-11,15,17-18H,6-7,12-14H2,1H3. The number of carbonyl (C=O) groups is 2. The third-order valence-corrected chi connectivity index (χ3v) is 8.25. The van der Waals surface area contributed by atoms with Crippen LogP contribution in [-0.4, -0.2) is 35.3 Å². The number of nitriles is 1. The second-order valence-electron chi connectivity index (χ2n) is 9.55. The van der Waals surface area contributed by atoms with Crippen LogP contribution >= 0.6 is 11.3 Å². The molecule has 1 saturated carbocycles. The highest BCUT2D eigenvalue weighted by atomic mass is 32.1. The lowest BCUT2D eigenvalue weighted by molar-refractivity contribution is 0.0972. The van der Waals surface area contributed by atoms with Crippen LogP contribution in [0, 0.1) is 17.2 Å². The minimum absolute atomic E-state index is 0.221. The Morgan fingerprint density at radius 1 is 1.16 bits per heavy atom. The quantitative estimate of drug-likeness (QED) is 0.292. The lowest BCUT2D eigenvalue weighted by Crippen LogP contribution is -2.33.